The number of rotatable bonds is 4. The Balaban J connectivity index is 2.17. The molecular formula is C11H12N2OS. The molecule has 3 nitrogen and oxygen atoms in total. The van der Waals surface area contributed by atoms with Gasteiger partial charge in [0.1, 0.15) is 5.01 Å². The summed E-state index contributed by atoms with van der Waals surface area (Å²) >= 11 is 1.70. The van der Waals surface area contributed by atoms with Gasteiger partial charge in [0.25, 0.3) is 0 Å². The van der Waals surface area contributed by atoms with Crippen molar-refractivity contribution >= 4 is 17.6 Å². The van der Waals surface area contributed by atoms with Gasteiger partial charge in [0.2, 0.25) is 0 Å². The molecule has 0 radical (unpaired) electrons. The summed E-state index contributed by atoms with van der Waals surface area (Å²) in [6.45, 7) is 2.80. The molecule has 2 rings (SSSR count). The predicted molar refractivity (Wildman–Crippen MR) is 60.4 cm³/mol. The number of nitrogens with zero attached hydrogens (tertiary/aromatic N) is 2. The Bertz CT molecular complexity index is 459. The van der Waals surface area contributed by atoms with E-state index >= 15 is 0 Å². The van der Waals surface area contributed by atoms with Crippen molar-refractivity contribution in [2.75, 3.05) is 0 Å². The van der Waals surface area contributed by atoms with Crippen molar-refractivity contribution in [3.05, 3.63) is 40.1 Å². The zero-order chi connectivity index (χ0) is 10.7. The first-order valence-corrected chi connectivity index (χ1v) is 5.69. The van der Waals surface area contributed by atoms with Crippen LogP contribution in [0.5, 0.6) is 0 Å². The van der Waals surface area contributed by atoms with Crippen molar-refractivity contribution in [2.45, 2.75) is 19.9 Å². The minimum atomic E-state index is 0.686. The number of aromatic nitrogens is 2. The van der Waals surface area contributed by atoms with Gasteiger partial charge in [-0.15, -0.1) is 11.3 Å². The quantitative estimate of drug-likeness (QED) is 0.741. The topological polar surface area (TPSA) is 34.9 Å². The number of aryl methyl sites for hydroxylation is 1. The summed E-state index contributed by atoms with van der Waals surface area (Å²) in [5.74, 6) is 0. The van der Waals surface area contributed by atoms with E-state index in [1.807, 2.05) is 23.0 Å². The van der Waals surface area contributed by atoms with Crippen molar-refractivity contribution in [3.63, 3.8) is 0 Å². The molecule has 0 aliphatic rings. The van der Waals surface area contributed by atoms with Gasteiger partial charge in [0, 0.05) is 17.3 Å². The van der Waals surface area contributed by atoms with E-state index in [-0.39, 0.29) is 0 Å². The Hall–Kier alpha value is -1.42. The number of thiazole rings is 1. The van der Waals surface area contributed by atoms with Gasteiger partial charge in [-0.1, -0.05) is 6.92 Å². The van der Waals surface area contributed by atoms with Crippen molar-refractivity contribution in [1.29, 1.82) is 0 Å². The van der Waals surface area contributed by atoms with E-state index in [1.54, 1.807) is 17.4 Å². The molecule has 0 amide bonds. The minimum Gasteiger partial charge on any atom is -0.338 e. The molecule has 0 fully saturated rings. The van der Waals surface area contributed by atoms with Crippen molar-refractivity contribution in [1.82, 2.24) is 9.55 Å². The third-order valence-electron chi connectivity index (χ3n) is 2.24. The van der Waals surface area contributed by atoms with Gasteiger partial charge in [-0.2, -0.15) is 0 Å². The smallest absolute Gasteiger partial charge is 0.166 e. The van der Waals surface area contributed by atoms with Crippen molar-refractivity contribution < 1.29 is 4.79 Å². The maximum atomic E-state index is 10.7. The SMILES string of the molecule is CCc1cnc(Cn2cccc2C=O)s1. The van der Waals surface area contributed by atoms with Crippen LogP contribution in [0.3, 0.4) is 0 Å². The number of hydrogen-bond donors (Lipinski definition) is 0. The normalized spacial score (nSPS) is 10.5. The highest BCUT2D eigenvalue weighted by molar-refractivity contribution is 7.11. The molecule has 2 aromatic rings. The minimum absolute atomic E-state index is 0.686. The van der Waals surface area contributed by atoms with Gasteiger partial charge in [-0.3, -0.25) is 4.79 Å². The van der Waals surface area contributed by atoms with E-state index in [0.717, 1.165) is 17.7 Å². The van der Waals surface area contributed by atoms with E-state index in [1.165, 1.54) is 4.88 Å². The number of carbonyl (C=O) groups excluding carboxylic acids is 1. The van der Waals surface area contributed by atoms with Crippen molar-refractivity contribution in [3.8, 4) is 0 Å². The molecule has 15 heavy (non-hydrogen) atoms. The molecular weight excluding hydrogens is 208 g/mol. The second kappa shape index (κ2) is 4.40. The maximum Gasteiger partial charge on any atom is 0.166 e. The van der Waals surface area contributed by atoms with E-state index < -0.39 is 0 Å². The zero-order valence-corrected chi connectivity index (χ0v) is 9.33. The highest BCUT2D eigenvalue weighted by atomic mass is 32.1. The summed E-state index contributed by atoms with van der Waals surface area (Å²) < 4.78 is 1.91. The Morgan fingerprint density at radius 3 is 3.13 bits per heavy atom. The lowest BCUT2D eigenvalue weighted by Crippen LogP contribution is -2.01. The molecule has 0 saturated heterocycles. The average molecular weight is 220 g/mol. The Labute approximate surface area is 92.4 Å². The molecule has 0 atom stereocenters. The molecule has 0 aliphatic heterocycles. The molecule has 2 heterocycles. The first kappa shape index (κ1) is 10.1. The fourth-order valence-electron chi connectivity index (χ4n) is 1.41. The largest absolute Gasteiger partial charge is 0.338 e. The second-order valence-electron chi connectivity index (χ2n) is 3.25. The van der Waals surface area contributed by atoms with Gasteiger partial charge in [-0.25, -0.2) is 4.98 Å². The predicted octanol–water partition coefficient (Wildman–Crippen LogP) is 2.37. The van der Waals surface area contributed by atoms with E-state index in [2.05, 4.69) is 11.9 Å². The van der Waals surface area contributed by atoms with Gasteiger partial charge < -0.3 is 4.57 Å². The Kier molecular flexibility index (Phi) is 2.97. The van der Waals surface area contributed by atoms with Gasteiger partial charge >= 0.3 is 0 Å². The fourth-order valence-corrected chi connectivity index (χ4v) is 2.27. The van der Waals surface area contributed by atoms with E-state index in [4.69, 9.17) is 0 Å². The summed E-state index contributed by atoms with van der Waals surface area (Å²) in [5.41, 5.74) is 0.697. The third-order valence-corrected chi connectivity index (χ3v) is 3.37. The molecule has 0 unspecified atom stereocenters. The molecule has 0 aliphatic carbocycles. The lowest BCUT2D eigenvalue weighted by Gasteiger charge is -2.01. The highest BCUT2D eigenvalue weighted by Crippen LogP contribution is 2.15. The molecule has 0 aromatic carbocycles. The highest BCUT2D eigenvalue weighted by Gasteiger charge is 2.04. The van der Waals surface area contributed by atoms with Crippen LogP contribution < -0.4 is 0 Å². The van der Waals surface area contributed by atoms with Crippen LogP contribution in [0.2, 0.25) is 0 Å². The monoisotopic (exact) mass is 220 g/mol. The first-order chi connectivity index (χ1) is 7.33. The molecule has 78 valence electrons. The van der Waals surface area contributed by atoms with Gasteiger partial charge in [0.15, 0.2) is 6.29 Å². The van der Waals surface area contributed by atoms with Crippen LogP contribution in [-0.2, 0) is 13.0 Å². The molecule has 0 spiro atoms. The third kappa shape index (κ3) is 2.15. The number of aldehydes is 1. The van der Waals surface area contributed by atoms with Gasteiger partial charge in [0.05, 0.1) is 12.2 Å². The summed E-state index contributed by atoms with van der Waals surface area (Å²) in [6.07, 6.45) is 5.69. The van der Waals surface area contributed by atoms with Crippen LogP contribution in [-0.4, -0.2) is 15.8 Å². The summed E-state index contributed by atoms with van der Waals surface area (Å²) in [4.78, 5) is 16.3. The fraction of sp³-hybridized carbons (Fsp3) is 0.273. The van der Waals surface area contributed by atoms with Crippen LogP contribution >= 0.6 is 11.3 Å². The Morgan fingerprint density at radius 1 is 1.60 bits per heavy atom. The lowest BCUT2D eigenvalue weighted by atomic mass is 10.4. The Morgan fingerprint density at radius 2 is 2.47 bits per heavy atom. The molecule has 0 saturated carbocycles. The van der Waals surface area contributed by atoms with Crippen LogP contribution in [0, 0.1) is 0 Å². The second-order valence-corrected chi connectivity index (χ2v) is 4.45. The number of hydrogen-bond acceptors (Lipinski definition) is 3. The van der Waals surface area contributed by atoms with Crippen LogP contribution in [0.15, 0.2) is 24.5 Å². The number of carbonyl (C=O) groups is 1. The molecule has 0 bridgehead atoms. The van der Waals surface area contributed by atoms with Crippen LogP contribution in [0.25, 0.3) is 0 Å². The average Bonchev–Trinajstić information content (AvgIpc) is 2.87. The summed E-state index contributed by atoms with van der Waals surface area (Å²) in [6, 6.07) is 3.68. The van der Waals surface area contributed by atoms with Crippen molar-refractivity contribution in [2.24, 2.45) is 0 Å². The lowest BCUT2D eigenvalue weighted by molar-refractivity contribution is 0.111. The van der Waals surface area contributed by atoms with Gasteiger partial charge in [-0.05, 0) is 18.6 Å². The molecule has 0 N–H and O–H groups in total. The van der Waals surface area contributed by atoms with E-state index in [0.29, 0.717) is 12.2 Å². The zero-order valence-electron chi connectivity index (χ0n) is 8.51. The first-order valence-electron chi connectivity index (χ1n) is 4.87. The molecule has 2 aromatic heterocycles. The van der Waals surface area contributed by atoms with Crippen LogP contribution in [0.1, 0.15) is 27.3 Å². The van der Waals surface area contributed by atoms with E-state index in [9.17, 15) is 4.79 Å². The van der Waals surface area contributed by atoms with Crippen LogP contribution in [0.4, 0.5) is 0 Å². The summed E-state index contributed by atoms with van der Waals surface area (Å²) in [5, 5.41) is 1.05. The summed E-state index contributed by atoms with van der Waals surface area (Å²) in [7, 11) is 0. The standard InChI is InChI=1S/C11H12N2OS/c1-2-10-6-12-11(15-10)7-13-5-3-4-9(13)8-14/h3-6,8H,2,7H2,1H3. The molecule has 4 heteroatoms. The maximum absolute atomic E-state index is 10.7.